The second-order valence-electron chi connectivity index (χ2n) is 8.79. The SMILES string of the molecule is CC(=O)c1c(N2CCOCC2)c2ccc(Nc3nccc(-c4ccc5nnn(C)c5c4)n3)cc2oc1=O. The van der Waals surface area contributed by atoms with Crippen LogP contribution in [0.4, 0.5) is 17.3 Å². The second kappa shape index (κ2) is 9.10. The lowest BCUT2D eigenvalue weighted by Gasteiger charge is -2.30. The summed E-state index contributed by atoms with van der Waals surface area (Å²) in [6.45, 7) is 3.60. The van der Waals surface area contributed by atoms with Crippen molar-refractivity contribution in [3.63, 3.8) is 0 Å². The Kier molecular flexibility index (Phi) is 5.61. The van der Waals surface area contributed by atoms with E-state index in [1.54, 1.807) is 16.9 Å². The zero-order valence-electron chi connectivity index (χ0n) is 20.3. The number of nitrogens with zero attached hydrogens (tertiary/aromatic N) is 6. The number of nitrogens with one attached hydrogen (secondary N) is 1. The maximum absolute atomic E-state index is 12.8. The summed E-state index contributed by atoms with van der Waals surface area (Å²) in [5.41, 5.74) is 4.34. The van der Waals surface area contributed by atoms with E-state index in [0.29, 0.717) is 54.6 Å². The Morgan fingerprint density at radius 3 is 2.73 bits per heavy atom. The Bertz CT molecular complexity index is 1720. The van der Waals surface area contributed by atoms with Crippen molar-refractivity contribution >= 4 is 45.1 Å². The minimum absolute atomic E-state index is 0.0618. The third kappa shape index (κ3) is 4.19. The molecule has 0 bridgehead atoms. The lowest BCUT2D eigenvalue weighted by molar-refractivity contribution is 0.101. The van der Waals surface area contributed by atoms with Gasteiger partial charge >= 0.3 is 5.63 Å². The molecule has 0 unspecified atom stereocenters. The van der Waals surface area contributed by atoms with Crippen LogP contribution in [-0.4, -0.2) is 57.0 Å². The van der Waals surface area contributed by atoms with Crippen molar-refractivity contribution in [2.75, 3.05) is 36.5 Å². The number of carbonyl (C=O) groups is 1. The van der Waals surface area contributed by atoms with Crippen molar-refractivity contribution < 1.29 is 13.9 Å². The molecule has 0 atom stereocenters. The number of aromatic nitrogens is 5. The van der Waals surface area contributed by atoms with Gasteiger partial charge in [-0.25, -0.2) is 19.4 Å². The highest BCUT2D eigenvalue weighted by atomic mass is 16.5. The van der Waals surface area contributed by atoms with E-state index in [2.05, 4.69) is 25.6 Å². The summed E-state index contributed by atoms with van der Waals surface area (Å²) in [6.07, 6.45) is 1.67. The monoisotopic (exact) mass is 497 g/mol. The third-order valence-corrected chi connectivity index (χ3v) is 6.38. The quantitative estimate of drug-likeness (QED) is 0.285. The van der Waals surface area contributed by atoms with Crippen LogP contribution in [0.15, 0.2) is 57.9 Å². The predicted molar refractivity (Wildman–Crippen MR) is 138 cm³/mol. The summed E-state index contributed by atoms with van der Waals surface area (Å²) in [5.74, 6) is 0.0563. The van der Waals surface area contributed by atoms with Gasteiger partial charge in [0.1, 0.15) is 16.7 Å². The van der Waals surface area contributed by atoms with Gasteiger partial charge in [-0.05, 0) is 37.3 Å². The summed E-state index contributed by atoms with van der Waals surface area (Å²) < 4.78 is 12.7. The van der Waals surface area contributed by atoms with Crippen LogP contribution in [0.5, 0.6) is 0 Å². The molecule has 4 heterocycles. The fraction of sp³-hybridized carbons (Fsp3) is 0.231. The van der Waals surface area contributed by atoms with Crippen molar-refractivity contribution in [3.8, 4) is 11.3 Å². The molecule has 11 heteroatoms. The number of hydrogen-bond acceptors (Lipinski definition) is 10. The highest BCUT2D eigenvalue weighted by Gasteiger charge is 2.24. The highest BCUT2D eigenvalue weighted by Crippen LogP contribution is 2.32. The average molecular weight is 498 g/mol. The summed E-state index contributed by atoms with van der Waals surface area (Å²) in [4.78, 5) is 36.2. The smallest absolute Gasteiger partial charge is 0.349 e. The molecule has 6 rings (SSSR count). The van der Waals surface area contributed by atoms with Crippen molar-refractivity contribution in [2.45, 2.75) is 6.92 Å². The highest BCUT2D eigenvalue weighted by molar-refractivity contribution is 6.07. The Labute approximate surface area is 210 Å². The average Bonchev–Trinajstić information content (AvgIpc) is 3.28. The van der Waals surface area contributed by atoms with E-state index in [0.717, 1.165) is 22.3 Å². The minimum Gasteiger partial charge on any atom is -0.422 e. The van der Waals surface area contributed by atoms with Crippen LogP contribution in [0, 0.1) is 0 Å². The lowest BCUT2D eigenvalue weighted by Crippen LogP contribution is -2.38. The number of anilines is 3. The molecular formula is C26H23N7O4. The second-order valence-corrected chi connectivity index (χ2v) is 8.79. The molecular weight excluding hydrogens is 474 g/mol. The zero-order valence-corrected chi connectivity index (χ0v) is 20.3. The first kappa shape index (κ1) is 22.8. The largest absolute Gasteiger partial charge is 0.422 e. The maximum atomic E-state index is 12.8. The molecule has 186 valence electrons. The van der Waals surface area contributed by atoms with Gasteiger partial charge in [-0.2, -0.15) is 0 Å². The van der Waals surface area contributed by atoms with E-state index < -0.39 is 5.63 Å². The molecule has 0 aliphatic carbocycles. The van der Waals surface area contributed by atoms with Crippen LogP contribution in [0.2, 0.25) is 0 Å². The van der Waals surface area contributed by atoms with Gasteiger partial charge in [0.25, 0.3) is 0 Å². The topological polar surface area (TPSA) is 128 Å². The van der Waals surface area contributed by atoms with Gasteiger partial charge in [-0.3, -0.25) is 4.79 Å². The summed E-state index contributed by atoms with van der Waals surface area (Å²) in [7, 11) is 1.84. The van der Waals surface area contributed by atoms with Gasteiger partial charge in [0, 0.05) is 49.0 Å². The van der Waals surface area contributed by atoms with Gasteiger partial charge < -0.3 is 19.4 Å². The molecule has 1 aliphatic heterocycles. The molecule has 1 aliphatic rings. The Morgan fingerprint density at radius 2 is 1.92 bits per heavy atom. The normalized spacial score (nSPS) is 13.8. The van der Waals surface area contributed by atoms with Crippen LogP contribution >= 0.6 is 0 Å². The zero-order chi connectivity index (χ0) is 25.5. The van der Waals surface area contributed by atoms with Gasteiger partial charge in [-0.1, -0.05) is 11.3 Å². The standard InChI is InChI=1S/C26H23N7O4/c1-15(34)23-24(33-9-11-36-12-10-33)18-5-4-17(14-22(18)37-25(23)35)28-26-27-8-7-19(29-26)16-3-6-20-21(13-16)32(2)31-30-20/h3-8,13-14H,9-12H2,1-2H3,(H,27,28,29). The number of aryl methyl sites for hydroxylation is 1. The number of ketones is 1. The molecule has 1 N–H and O–H groups in total. The van der Waals surface area contributed by atoms with Crippen LogP contribution in [0.1, 0.15) is 17.3 Å². The number of morpholine rings is 1. The first-order valence-electron chi connectivity index (χ1n) is 11.8. The van der Waals surface area contributed by atoms with Crippen molar-refractivity contribution in [3.05, 3.63) is 64.6 Å². The van der Waals surface area contributed by atoms with E-state index >= 15 is 0 Å². The van der Waals surface area contributed by atoms with E-state index in [4.69, 9.17) is 9.15 Å². The number of carbonyl (C=O) groups excluding carboxylic acids is 1. The molecule has 1 saturated heterocycles. The molecule has 2 aromatic carbocycles. The third-order valence-electron chi connectivity index (χ3n) is 6.38. The Morgan fingerprint density at radius 1 is 1.08 bits per heavy atom. The number of Topliss-reactive ketones (excluding diaryl/α,β-unsaturated/α-hetero) is 1. The van der Waals surface area contributed by atoms with Gasteiger partial charge in [0.2, 0.25) is 5.95 Å². The van der Waals surface area contributed by atoms with Crippen molar-refractivity contribution in [1.29, 1.82) is 0 Å². The minimum atomic E-state index is -0.656. The van der Waals surface area contributed by atoms with Gasteiger partial charge in [0.15, 0.2) is 5.78 Å². The molecule has 37 heavy (non-hydrogen) atoms. The number of rotatable bonds is 5. The molecule has 3 aromatic heterocycles. The molecule has 1 fully saturated rings. The molecule has 5 aromatic rings. The lowest BCUT2D eigenvalue weighted by atomic mass is 10.1. The van der Waals surface area contributed by atoms with Crippen LogP contribution in [0.25, 0.3) is 33.3 Å². The Hall–Kier alpha value is -4.64. The fourth-order valence-electron chi connectivity index (χ4n) is 4.59. The Balaban J connectivity index is 1.36. The maximum Gasteiger partial charge on any atom is 0.349 e. The number of fused-ring (bicyclic) bond motifs is 2. The number of benzene rings is 2. The first-order chi connectivity index (χ1) is 18.0. The summed E-state index contributed by atoms with van der Waals surface area (Å²) in [6, 6.07) is 13.0. The van der Waals surface area contributed by atoms with Crippen molar-refractivity contribution in [1.82, 2.24) is 25.0 Å². The number of hydrogen-bond donors (Lipinski definition) is 1. The van der Waals surface area contributed by atoms with E-state index in [9.17, 15) is 9.59 Å². The molecule has 0 spiro atoms. The first-order valence-corrected chi connectivity index (χ1v) is 11.8. The predicted octanol–water partition coefficient (Wildman–Crippen LogP) is 3.31. The molecule has 0 saturated carbocycles. The fourth-order valence-corrected chi connectivity index (χ4v) is 4.59. The summed E-state index contributed by atoms with van der Waals surface area (Å²) in [5, 5.41) is 12.0. The van der Waals surface area contributed by atoms with E-state index in [1.165, 1.54) is 6.92 Å². The van der Waals surface area contributed by atoms with Crippen molar-refractivity contribution in [2.24, 2.45) is 7.05 Å². The summed E-state index contributed by atoms with van der Waals surface area (Å²) >= 11 is 0. The molecule has 0 radical (unpaired) electrons. The molecule has 11 nitrogen and oxygen atoms in total. The van der Waals surface area contributed by atoms with Crippen LogP contribution < -0.4 is 15.8 Å². The van der Waals surface area contributed by atoms with E-state index in [1.807, 2.05) is 48.3 Å². The van der Waals surface area contributed by atoms with Gasteiger partial charge in [0.05, 0.1) is 30.1 Å². The molecule has 0 amide bonds. The van der Waals surface area contributed by atoms with Gasteiger partial charge in [-0.15, -0.1) is 5.10 Å². The van der Waals surface area contributed by atoms with Crippen LogP contribution in [-0.2, 0) is 11.8 Å². The van der Waals surface area contributed by atoms with Crippen LogP contribution in [0.3, 0.4) is 0 Å². The van der Waals surface area contributed by atoms with E-state index in [-0.39, 0.29) is 11.3 Å². The number of ether oxygens (including phenoxy) is 1.